The Morgan fingerprint density at radius 3 is 2.73 bits per heavy atom. The van der Waals surface area contributed by atoms with Gasteiger partial charge in [0.2, 0.25) is 0 Å². The smallest absolute Gasteiger partial charge is 0.250 e. The fraction of sp³-hybridized carbons (Fsp3) is 0.409. The van der Waals surface area contributed by atoms with Crippen LogP contribution in [-0.2, 0) is 13.1 Å². The van der Waals surface area contributed by atoms with Crippen LogP contribution < -0.4 is 15.2 Å². The quantitative estimate of drug-likeness (QED) is 0.916. The first-order valence-electron chi connectivity index (χ1n) is 9.51. The molecule has 4 nitrogen and oxygen atoms in total. The van der Waals surface area contributed by atoms with E-state index in [1.165, 1.54) is 23.2 Å². The van der Waals surface area contributed by atoms with Gasteiger partial charge in [0.05, 0.1) is 20.2 Å². The van der Waals surface area contributed by atoms with E-state index in [1.54, 1.807) is 18.1 Å². The predicted octanol–water partition coefficient (Wildman–Crippen LogP) is 2.09. The molecule has 1 aromatic heterocycles. The van der Waals surface area contributed by atoms with E-state index in [1.807, 2.05) is 29.7 Å². The molecule has 4 heteroatoms. The van der Waals surface area contributed by atoms with Crippen LogP contribution in [0.1, 0.15) is 36.1 Å². The number of piperidine rings is 1. The Morgan fingerprint density at radius 2 is 2.00 bits per heavy atom. The van der Waals surface area contributed by atoms with Crippen molar-refractivity contribution in [2.24, 2.45) is 5.92 Å². The maximum absolute atomic E-state index is 12.4. The number of hydrogen-bond acceptors (Lipinski definition) is 2. The standard InChI is InChI=1S/C22H26N2O2/c1-3-4-18-7-10-21(25)24-14-17-11-19(22(18)24)15-23(13-17)12-16-5-8-20(26-2)9-6-16/h3-10,17,19H,11-15H2,1-2H3/p+1/b4-3+/t17-,19+/m0/s1. The number of nitrogens with zero attached hydrogens (tertiary/aromatic N) is 1. The number of hydrogen-bond donors (Lipinski definition) is 1. The third-order valence-electron chi connectivity index (χ3n) is 5.78. The molecule has 4 rings (SSSR count). The van der Waals surface area contributed by atoms with Gasteiger partial charge in [0, 0.05) is 35.7 Å². The maximum Gasteiger partial charge on any atom is 0.250 e. The number of aromatic nitrogens is 1. The number of fused-ring (bicyclic) bond motifs is 4. The molecular weight excluding hydrogens is 324 g/mol. The van der Waals surface area contributed by atoms with Gasteiger partial charge in [-0.25, -0.2) is 0 Å². The number of nitrogens with one attached hydrogen (secondary N) is 1. The number of likely N-dealkylation sites (tertiary alicyclic amines) is 1. The summed E-state index contributed by atoms with van der Waals surface area (Å²) in [5, 5.41) is 0. The van der Waals surface area contributed by atoms with Gasteiger partial charge < -0.3 is 14.2 Å². The summed E-state index contributed by atoms with van der Waals surface area (Å²) in [5.74, 6) is 1.97. The molecule has 1 N–H and O–H groups in total. The maximum atomic E-state index is 12.4. The molecule has 2 aromatic rings. The van der Waals surface area contributed by atoms with Crippen molar-refractivity contribution in [1.29, 1.82) is 0 Å². The molecule has 2 bridgehead atoms. The van der Waals surface area contributed by atoms with Crippen molar-refractivity contribution in [3.05, 3.63) is 69.6 Å². The van der Waals surface area contributed by atoms with Crippen LogP contribution in [0.3, 0.4) is 0 Å². The molecule has 1 fully saturated rings. The van der Waals surface area contributed by atoms with Crippen molar-refractivity contribution in [2.45, 2.75) is 32.4 Å². The monoisotopic (exact) mass is 351 g/mol. The van der Waals surface area contributed by atoms with Gasteiger partial charge in [-0.05, 0) is 49.2 Å². The van der Waals surface area contributed by atoms with Crippen molar-refractivity contribution < 1.29 is 9.64 Å². The summed E-state index contributed by atoms with van der Waals surface area (Å²) in [6, 6.07) is 12.1. The minimum atomic E-state index is 0.154. The zero-order chi connectivity index (χ0) is 18.1. The first-order valence-corrected chi connectivity index (χ1v) is 9.51. The van der Waals surface area contributed by atoms with Crippen LogP contribution in [0.5, 0.6) is 5.75 Å². The van der Waals surface area contributed by atoms with Gasteiger partial charge in [0.15, 0.2) is 0 Å². The first-order chi connectivity index (χ1) is 12.7. The largest absolute Gasteiger partial charge is 0.497 e. The normalized spacial score (nSPS) is 24.5. The van der Waals surface area contributed by atoms with Crippen LogP contribution in [-0.4, -0.2) is 24.8 Å². The van der Waals surface area contributed by atoms with Crippen LogP contribution in [0.25, 0.3) is 6.08 Å². The number of allylic oxidation sites excluding steroid dienone is 1. The van der Waals surface area contributed by atoms with Crippen LogP contribution in [0, 0.1) is 5.92 Å². The Hall–Kier alpha value is -2.33. The van der Waals surface area contributed by atoms with E-state index in [4.69, 9.17) is 4.74 Å². The number of quaternary nitrogens is 1. The van der Waals surface area contributed by atoms with Crippen molar-refractivity contribution in [3.63, 3.8) is 0 Å². The van der Waals surface area contributed by atoms with E-state index < -0.39 is 0 Å². The van der Waals surface area contributed by atoms with Crippen molar-refractivity contribution >= 4 is 6.08 Å². The SMILES string of the molecule is C/C=C/c1ccc(=O)n2c1[C@@H]1C[C@H](C2)C[NH+](Cc2ccc(OC)cc2)C1. The zero-order valence-electron chi connectivity index (χ0n) is 15.6. The van der Waals surface area contributed by atoms with E-state index in [-0.39, 0.29) is 5.56 Å². The molecule has 3 atom stereocenters. The Kier molecular flexibility index (Phi) is 4.68. The highest BCUT2D eigenvalue weighted by atomic mass is 16.5. The van der Waals surface area contributed by atoms with E-state index in [0.29, 0.717) is 11.8 Å². The molecule has 1 unspecified atom stereocenters. The molecule has 136 valence electrons. The number of ether oxygens (including phenoxy) is 1. The van der Waals surface area contributed by atoms with Gasteiger partial charge in [-0.2, -0.15) is 0 Å². The van der Waals surface area contributed by atoms with Gasteiger partial charge >= 0.3 is 0 Å². The van der Waals surface area contributed by atoms with Crippen LogP contribution in [0.15, 0.2) is 47.3 Å². The van der Waals surface area contributed by atoms with Gasteiger partial charge in [-0.15, -0.1) is 0 Å². The van der Waals surface area contributed by atoms with Crippen molar-refractivity contribution in [2.75, 3.05) is 20.2 Å². The summed E-state index contributed by atoms with van der Waals surface area (Å²) in [4.78, 5) is 14.0. The van der Waals surface area contributed by atoms with Gasteiger partial charge in [0.1, 0.15) is 12.3 Å². The molecule has 0 amide bonds. The van der Waals surface area contributed by atoms with Crippen LogP contribution >= 0.6 is 0 Å². The van der Waals surface area contributed by atoms with E-state index in [9.17, 15) is 4.79 Å². The second-order valence-corrected chi connectivity index (χ2v) is 7.60. The lowest BCUT2D eigenvalue weighted by Gasteiger charge is -2.41. The lowest BCUT2D eigenvalue weighted by Crippen LogP contribution is -3.13. The molecule has 0 aliphatic carbocycles. The second-order valence-electron chi connectivity index (χ2n) is 7.60. The number of rotatable bonds is 4. The summed E-state index contributed by atoms with van der Waals surface area (Å²) in [5.41, 5.74) is 3.96. The highest BCUT2D eigenvalue weighted by Crippen LogP contribution is 2.33. The van der Waals surface area contributed by atoms with E-state index >= 15 is 0 Å². The Balaban J connectivity index is 1.59. The van der Waals surface area contributed by atoms with E-state index in [2.05, 4.69) is 24.3 Å². The summed E-state index contributed by atoms with van der Waals surface area (Å²) in [6.45, 7) is 6.17. The molecule has 2 aliphatic rings. The van der Waals surface area contributed by atoms with E-state index in [0.717, 1.165) is 31.9 Å². The average Bonchev–Trinajstić information content (AvgIpc) is 2.65. The second kappa shape index (κ2) is 7.12. The fourth-order valence-corrected chi connectivity index (χ4v) is 4.77. The molecule has 0 spiro atoms. The number of pyridine rings is 1. The summed E-state index contributed by atoms with van der Waals surface area (Å²) >= 11 is 0. The Morgan fingerprint density at radius 1 is 1.19 bits per heavy atom. The lowest BCUT2D eigenvalue weighted by atomic mass is 9.81. The fourth-order valence-electron chi connectivity index (χ4n) is 4.77. The van der Waals surface area contributed by atoms with Crippen LogP contribution in [0.4, 0.5) is 0 Å². The van der Waals surface area contributed by atoms with Gasteiger partial charge in [-0.3, -0.25) is 4.79 Å². The third kappa shape index (κ3) is 3.21. The summed E-state index contributed by atoms with van der Waals surface area (Å²) < 4.78 is 7.30. The highest BCUT2D eigenvalue weighted by Gasteiger charge is 2.38. The summed E-state index contributed by atoms with van der Waals surface area (Å²) in [6.07, 6.45) is 5.42. The van der Waals surface area contributed by atoms with Crippen LogP contribution in [0.2, 0.25) is 0 Å². The Labute approximate surface area is 154 Å². The zero-order valence-corrected chi connectivity index (χ0v) is 15.6. The third-order valence-corrected chi connectivity index (χ3v) is 5.78. The minimum absolute atomic E-state index is 0.154. The molecule has 3 heterocycles. The highest BCUT2D eigenvalue weighted by molar-refractivity contribution is 5.53. The summed E-state index contributed by atoms with van der Waals surface area (Å²) in [7, 11) is 1.70. The topological polar surface area (TPSA) is 35.7 Å². The lowest BCUT2D eigenvalue weighted by molar-refractivity contribution is -0.924. The van der Waals surface area contributed by atoms with Gasteiger partial charge in [-0.1, -0.05) is 12.2 Å². The molecule has 0 saturated carbocycles. The van der Waals surface area contributed by atoms with Crippen molar-refractivity contribution in [3.8, 4) is 5.75 Å². The van der Waals surface area contributed by atoms with Crippen molar-refractivity contribution in [1.82, 2.24) is 4.57 Å². The molecule has 0 radical (unpaired) electrons. The molecule has 2 aliphatic heterocycles. The average molecular weight is 351 g/mol. The minimum Gasteiger partial charge on any atom is -0.497 e. The number of benzene rings is 1. The molecular formula is C22H27N2O2+. The predicted molar refractivity (Wildman–Crippen MR) is 104 cm³/mol. The molecule has 1 saturated heterocycles. The molecule has 26 heavy (non-hydrogen) atoms. The number of methoxy groups -OCH3 is 1. The first kappa shape index (κ1) is 17.1. The Bertz CT molecular complexity index is 867. The van der Waals surface area contributed by atoms with Gasteiger partial charge in [0.25, 0.3) is 5.56 Å². The molecule has 1 aromatic carbocycles.